The highest BCUT2D eigenvalue weighted by Crippen LogP contribution is 2.45. The Morgan fingerprint density at radius 2 is 1.37 bits per heavy atom. The van der Waals surface area contributed by atoms with Gasteiger partial charge in [-0.1, -0.05) is 51.2 Å². The maximum Gasteiger partial charge on any atom is 0.573 e. The molecule has 0 aromatic heterocycles. The fourth-order valence-corrected chi connectivity index (χ4v) is 6.27. The second kappa shape index (κ2) is 12.2. The third-order valence-electron chi connectivity index (χ3n) is 8.39. The van der Waals surface area contributed by atoms with Crippen molar-refractivity contribution in [2.75, 3.05) is 0 Å². The standard InChI is InChI=1S/C30H36F6O2/c1-2-3-4-20-5-7-21(8-6-20)22-9-11-23(12-10-22)24-13-15-25(16-14-24)29(32,33)37-26-17-18-28(27(31)19-26)38-30(34,35)36/h13-23H,2-12H2,1H3. The lowest BCUT2D eigenvalue weighted by Crippen LogP contribution is -2.25. The topological polar surface area (TPSA) is 18.5 Å². The third kappa shape index (κ3) is 7.60. The molecule has 2 aromatic carbocycles. The van der Waals surface area contributed by atoms with Crippen LogP contribution in [0.3, 0.4) is 0 Å². The van der Waals surface area contributed by atoms with Gasteiger partial charge in [0.2, 0.25) is 0 Å². The Bertz CT molecular complexity index is 1020. The first-order valence-corrected chi connectivity index (χ1v) is 13.8. The number of benzene rings is 2. The van der Waals surface area contributed by atoms with Crippen LogP contribution in [0.25, 0.3) is 0 Å². The molecule has 0 aliphatic heterocycles. The molecule has 2 fully saturated rings. The van der Waals surface area contributed by atoms with E-state index in [1.807, 2.05) is 0 Å². The summed E-state index contributed by atoms with van der Waals surface area (Å²) < 4.78 is 88.3. The number of halogens is 6. The minimum absolute atomic E-state index is 0.339. The second-order valence-corrected chi connectivity index (χ2v) is 10.9. The molecule has 0 heterocycles. The first kappa shape index (κ1) is 28.6. The number of hydrogen-bond acceptors (Lipinski definition) is 2. The SMILES string of the molecule is CCCCC1CCC(C2CCC(c3ccc(C(F)(F)Oc4ccc(OC(F)(F)F)c(F)c4)cc3)CC2)CC1. The van der Waals surface area contributed by atoms with E-state index in [0.29, 0.717) is 18.1 Å². The van der Waals surface area contributed by atoms with Crippen molar-refractivity contribution < 1.29 is 35.8 Å². The predicted molar refractivity (Wildman–Crippen MR) is 134 cm³/mol. The molecule has 2 nitrogen and oxygen atoms in total. The number of rotatable bonds is 9. The summed E-state index contributed by atoms with van der Waals surface area (Å²) in [5.41, 5.74) is 0.608. The summed E-state index contributed by atoms with van der Waals surface area (Å²) in [7, 11) is 0. The van der Waals surface area contributed by atoms with Gasteiger partial charge in [0.15, 0.2) is 11.6 Å². The van der Waals surface area contributed by atoms with Crippen LogP contribution in [-0.2, 0) is 6.11 Å². The number of unbranched alkanes of at least 4 members (excludes halogenated alkanes) is 1. The van der Waals surface area contributed by atoms with Gasteiger partial charge in [0.1, 0.15) is 5.75 Å². The van der Waals surface area contributed by atoms with Crippen LogP contribution in [0.2, 0.25) is 0 Å². The van der Waals surface area contributed by atoms with Crippen molar-refractivity contribution in [3.8, 4) is 11.5 Å². The zero-order valence-corrected chi connectivity index (χ0v) is 21.7. The molecule has 4 rings (SSSR count). The van der Waals surface area contributed by atoms with Crippen molar-refractivity contribution in [3.63, 3.8) is 0 Å². The lowest BCUT2D eigenvalue weighted by molar-refractivity contribution is -0.275. The molecule has 2 saturated carbocycles. The summed E-state index contributed by atoms with van der Waals surface area (Å²) in [6.07, 6.45) is 4.97. The van der Waals surface area contributed by atoms with Crippen molar-refractivity contribution in [2.24, 2.45) is 17.8 Å². The summed E-state index contributed by atoms with van der Waals surface area (Å²) in [5, 5.41) is 0. The first-order valence-electron chi connectivity index (χ1n) is 13.8. The Balaban J connectivity index is 1.29. The van der Waals surface area contributed by atoms with Crippen molar-refractivity contribution >= 4 is 0 Å². The quantitative estimate of drug-likeness (QED) is 0.294. The monoisotopic (exact) mass is 542 g/mol. The van der Waals surface area contributed by atoms with Crippen LogP contribution in [0.5, 0.6) is 11.5 Å². The van der Waals surface area contributed by atoms with E-state index in [-0.39, 0.29) is 0 Å². The first-order chi connectivity index (χ1) is 18.0. The normalized spacial score (nSPS) is 24.7. The van der Waals surface area contributed by atoms with Gasteiger partial charge in [-0.2, -0.15) is 8.78 Å². The summed E-state index contributed by atoms with van der Waals surface area (Å²) in [6.45, 7) is 2.25. The summed E-state index contributed by atoms with van der Waals surface area (Å²) in [4.78, 5) is 0. The van der Waals surface area contributed by atoms with Gasteiger partial charge in [0.05, 0.1) is 5.56 Å². The molecule has 2 aromatic rings. The molecule has 0 amide bonds. The highest BCUT2D eigenvalue weighted by atomic mass is 19.4. The van der Waals surface area contributed by atoms with E-state index in [4.69, 9.17) is 0 Å². The molecule has 0 radical (unpaired) electrons. The molecule has 0 unspecified atom stereocenters. The molecule has 210 valence electrons. The Labute approximate surface area is 220 Å². The summed E-state index contributed by atoms with van der Waals surface area (Å²) in [5.74, 6) is -0.340. The molecule has 0 saturated heterocycles. The van der Waals surface area contributed by atoms with Gasteiger partial charge in [-0.05, 0) is 92.0 Å². The molecule has 8 heteroatoms. The van der Waals surface area contributed by atoms with Gasteiger partial charge in [-0.3, -0.25) is 0 Å². The van der Waals surface area contributed by atoms with Crippen molar-refractivity contribution in [1.82, 2.24) is 0 Å². The van der Waals surface area contributed by atoms with E-state index in [1.165, 1.54) is 69.9 Å². The molecular formula is C30H36F6O2. The van der Waals surface area contributed by atoms with Gasteiger partial charge < -0.3 is 9.47 Å². The maximum atomic E-state index is 14.7. The number of alkyl halides is 5. The Morgan fingerprint density at radius 3 is 1.92 bits per heavy atom. The van der Waals surface area contributed by atoms with Gasteiger partial charge in [0.25, 0.3) is 0 Å². The van der Waals surface area contributed by atoms with Gasteiger partial charge in [-0.15, -0.1) is 13.2 Å². The minimum Gasteiger partial charge on any atom is -0.429 e. The van der Waals surface area contributed by atoms with E-state index in [2.05, 4.69) is 16.4 Å². The van der Waals surface area contributed by atoms with Crippen LogP contribution in [0.15, 0.2) is 42.5 Å². The highest BCUT2D eigenvalue weighted by Gasteiger charge is 2.37. The molecule has 2 aliphatic carbocycles. The van der Waals surface area contributed by atoms with Crippen LogP contribution >= 0.6 is 0 Å². The van der Waals surface area contributed by atoms with E-state index >= 15 is 0 Å². The molecule has 0 atom stereocenters. The van der Waals surface area contributed by atoms with Gasteiger partial charge in [0, 0.05) is 6.07 Å². The number of ether oxygens (including phenoxy) is 2. The average Bonchev–Trinajstić information content (AvgIpc) is 2.89. The van der Waals surface area contributed by atoms with Crippen molar-refractivity contribution in [3.05, 3.63) is 59.4 Å². The average molecular weight is 543 g/mol. The largest absolute Gasteiger partial charge is 0.573 e. The van der Waals surface area contributed by atoms with Crippen LogP contribution < -0.4 is 9.47 Å². The second-order valence-electron chi connectivity index (χ2n) is 10.9. The molecule has 38 heavy (non-hydrogen) atoms. The summed E-state index contributed by atoms with van der Waals surface area (Å²) in [6, 6.07) is 7.84. The molecule has 0 N–H and O–H groups in total. The Morgan fingerprint density at radius 1 is 0.763 bits per heavy atom. The molecule has 0 spiro atoms. The van der Waals surface area contributed by atoms with Crippen LogP contribution in [0, 0.1) is 23.6 Å². The van der Waals surface area contributed by atoms with Crippen molar-refractivity contribution in [2.45, 2.75) is 95.9 Å². The van der Waals surface area contributed by atoms with E-state index in [9.17, 15) is 26.3 Å². The zero-order valence-electron chi connectivity index (χ0n) is 21.7. The smallest absolute Gasteiger partial charge is 0.429 e. The molecule has 2 aliphatic rings. The van der Waals surface area contributed by atoms with Crippen LogP contribution in [0.1, 0.15) is 94.6 Å². The highest BCUT2D eigenvalue weighted by molar-refractivity contribution is 5.34. The lowest BCUT2D eigenvalue weighted by Gasteiger charge is -2.38. The fourth-order valence-electron chi connectivity index (χ4n) is 6.27. The van der Waals surface area contributed by atoms with Crippen LogP contribution in [0.4, 0.5) is 26.3 Å². The summed E-state index contributed by atoms with van der Waals surface area (Å²) >= 11 is 0. The van der Waals surface area contributed by atoms with E-state index < -0.39 is 35.4 Å². The number of hydrogen-bond donors (Lipinski definition) is 0. The predicted octanol–water partition coefficient (Wildman–Crippen LogP) is 10.1. The maximum absolute atomic E-state index is 14.7. The lowest BCUT2D eigenvalue weighted by atomic mass is 9.68. The Kier molecular flexibility index (Phi) is 9.19. The fraction of sp³-hybridized carbons (Fsp3) is 0.600. The minimum atomic E-state index is -5.10. The van der Waals surface area contributed by atoms with Crippen molar-refractivity contribution in [1.29, 1.82) is 0 Å². The van der Waals surface area contributed by atoms with Crippen LogP contribution in [-0.4, -0.2) is 6.36 Å². The van der Waals surface area contributed by atoms with Gasteiger partial charge in [-0.25, -0.2) is 4.39 Å². The van der Waals surface area contributed by atoms with E-state index in [0.717, 1.165) is 42.2 Å². The molecular weight excluding hydrogens is 506 g/mol. The molecule has 0 bridgehead atoms. The zero-order chi connectivity index (χ0) is 27.3. The van der Waals surface area contributed by atoms with E-state index in [1.54, 1.807) is 12.1 Å². The third-order valence-corrected chi connectivity index (χ3v) is 8.39. The van der Waals surface area contributed by atoms with Gasteiger partial charge >= 0.3 is 12.5 Å². The Hall–Kier alpha value is -2.38.